The molecular weight excluding hydrogens is 432 g/mol. The average Bonchev–Trinajstić information content (AvgIpc) is 3.25. The van der Waals surface area contributed by atoms with Gasteiger partial charge < -0.3 is 4.74 Å². The third-order valence-corrected chi connectivity index (χ3v) is 6.51. The van der Waals surface area contributed by atoms with E-state index in [1.54, 1.807) is 0 Å². The van der Waals surface area contributed by atoms with Crippen LogP contribution in [-0.2, 0) is 9.53 Å². The van der Waals surface area contributed by atoms with E-state index in [-0.39, 0.29) is 24.1 Å². The molecule has 4 aromatic rings. The Kier molecular flexibility index (Phi) is 6.40. The van der Waals surface area contributed by atoms with Gasteiger partial charge in [-0.05, 0) is 23.6 Å². The number of hydrogen-bond acceptors (Lipinski definition) is 3. The zero-order valence-electron chi connectivity index (χ0n) is 19.6. The Bertz CT molecular complexity index is 1360. The molecule has 2 atom stereocenters. The third-order valence-electron chi connectivity index (χ3n) is 6.51. The lowest BCUT2D eigenvalue weighted by atomic mass is 9.81. The van der Waals surface area contributed by atoms with Gasteiger partial charge in [0.1, 0.15) is 6.10 Å². The summed E-state index contributed by atoms with van der Waals surface area (Å²) < 4.78 is 6.10. The van der Waals surface area contributed by atoms with Crippen molar-refractivity contribution >= 4 is 22.9 Å². The van der Waals surface area contributed by atoms with Crippen molar-refractivity contribution < 1.29 is 14.3 Å². The van der Waals surface area contributed by atoms with Gasteiger partial charge in [0.25, 0.3) is 0 Å². The van der Waals surface area contributed by atoms with Gasteiger partial charge >= 0.3 is 5.97 Å². The monoisotopic (exact) mass is 458 g/mol. The number of cyclic esters (lactones) is 1. The number of ether oxygens (including phenoxy) is 1. The fraction of sp³-hybridized carbons (Fsp3) is 0.125. The number of esters is 1. The minimum absolute atomic E-state index is 0.0236. The summed E-state index contributed by atoms with van der Waals surface area (Å²) in [5, 5.41) is 0. The van der Waals surface area contributed by atoms with Gasteiger partial charge in [0.05, 0.1) is 5.57 Å². The molecule has 5 rings (SSSR count). The number of ketones is 1. The quantitative estimate of drug-likeness (QED) is 0.224. The van der Waals surface area contributed by atoms with Crippen molar-refractivity contribution in [2.24, 2.45) is 0 Å². The van der Waals surface area contributed by atoms with E-state index in [2.05, 4.69) is 0 Å². The summed E-state index contributed by atoms with van der Waals surface area (Å²) in [5.41, 5.74) is 5.86. The Labute approximate surface area is 205 Å². The molecule has 4 aromatic carbocycles. The summed E-state index contributed by atoms with van der Waals surface area (Å²) >= 11 is 0. The van der Waals surface area contributed by atoms with Gasteiger partial charge in [-0.3, -0.25) is 4.79 Å². The fourth-order valence-corrected chi connectivity index (χ4v) is 4.73. The van der Waals surface area contributed by atoms with E-state index in [0.717, 1.165) is 27.8 Å². The highest BCUT2D eigenvalue weighted by atomic mass is 16.5. The summed E-state index contributed by atoms with van der Waals surface area (Å²) in [7, 11) is 0. The lowest BCUT2D eigenvalue weighted by Gasteiger charge is -2.25. The molecule has 0 aromatic heterocycles. The van der Waals surface area contributed by atoms with E-state index in [9.17, 15) is 9.59 Å². The molecule has 0 bridgehead atoms. The molecule has 1 heterocycles. The van der Waals surface area contributed by atoms with Gasteiger partial charge in [-0.25, -0.2) is 4.79 Å². The lowest BCUT2D eigenvalue weighted by Crippen LogP contribution is -2.24. The van der Waals surface area contributed by atoms with Crippen LogP contribution in [-0.4, -0.2) is 17.9 Å². The SMILES string of the molecule is Cc1ccc(C(=O)C[C@@H](c2ccccc2)[C@@H]2OC(=O)C(c3ccccc3)=C2c2ccccc2)cc1. The molecule has 1 aliphatic rings. The van der Waals surface area contributed by atoms with Crippen LogP contribution in [0.1, 0.15) is 45.0 Å². The lowest BCUT2D eigenvalue weighted by molar-refractivity contribution is -0.138. The first-order chi connectivity index (χ1) is 17.1. The van der Waals surface area contributed by atoms with Crippen LogP contribution in [0.4, 0.5) is 0 Å². The predicted octanol–water partition coefficient (Wildman–Crippen LogP) is 6.89. The highest BCUT2D eigenvalue weighted by molar-refractivity contribution is 6.28. The van der Waals surface area contributed by atoms with E-state index in [1.807, 2.05) is 122 Å². The van der Waals surface area contributed by atoms with Crippen molar-refractivity contribution in [1.82, 2.24) is 0 Å². The van der Waals surface area contributed by atoms with Gasteiger partial charge in [0.15, 0.2) is 5.78 Å². The highest BCUT2D eigenvalue weighted by Crippen LogP contribution is 2.44. The standard InChI is InChI=1S/C32H26O3/c1-22-17-19-24(20-18-22)28(33)21-27(23-11-5-2-6-12-23)31-29(25-13-7-3-8-14-25)30(32(34)35-31)26-15-9-4-10-16-26/h2-20,27,31H,21H2,1H3/t27-,31-/m0/s1. The molecule has 0 spiro atoms. The van der Waals surface area contributed by atoms with Crippen LogP contribution < -0.4 is 0 Å². The number of hydrogen-bond donors (Lipinski definition) is 0. The van der Waals surface area contributed by atoms with Crippen molar-refractivity contribution in [2.75, 3.05) is 0 Å². The van der Waals surface area contributed by atoms with Crippen LogP contribution in [0.2, 0.25) is 0 Å². The summed E-state index contributed by atoms with van der Waals surface area (Å²) in [6.45, 7) is 2.00. The first kappa shape index (κ1) is 22.5. The largest absolute Gasteiger partial charge is 0.453 e. The average molecular weight is 459 g/mol. The van der Waals surface area contributed by atoms with Gasteiger partial charge in [0, 0.05) is 23.5 Å². The van der Waals surface area contributed by atoms with Crippen molar-refractivity contribution in [3.05, 3.63) is 143 Å². The number of carbonyl (C=O) groups excluding carboxylic acids is 2. The maximum absolute atomic E-state index is 13.4. The molecule has 172 valence electrons. The van der Waals surface area contributed by atoms with Crippen molar-refractivity contribution in [2.45, 2.75) is 25.4 Å². The van der Waals surface area contributed by atoms with Gasteiger partial charge in [0.2, 0.25) is 0 Å². The fourth-order valence-electron chi connectivity index (χ4n) is 4.73. The van der Waals surface area contributed by atoms with Crippen molar-refractivity contribution in [3.63, 3.8) is 0 Å². The number of carbonyl (C=O) groups is 2. The second-order valence-corrected chi connectivity index (χ2v) is 8.86. The molecule has 0 aliphatic carbocycles. The first-order valence-corrected chi connectivity index (χ1v) is 11.8. The van der Waals surface area contributed by atoms with E-state index < -0.39 is 6.10 Å². The van der Waals surface area contributed by atoms with Crippen LogP contribution in [0.5, 0.6) is 0 Å². The van der Waals surface area contributed by atoms with Gasteiger partial charge in [-0.1, -0.05) is 121 Å². The molecule has 0 unspecified atom stereocenters. The number of rotatable bonds is 7. The first-order valence-electron chi connectivity index (χ1n) is 11.8. The molecule has 35 heavy (non-hydrogen) atoms. The van der Waals surface area contributed by atoms with Crippen LogP contribution in [0.25, 0.3) is 11.1 Å². The molecule has 0 N–H and O–H groups in total. The number of Topliss-reactive ketones (excluding diaryl/α,β-unsaturated/α-hetero) is 1. The van der Waals surface area contributed by atoms with Crippen LogP contribution in [0.15, 0.2) is 115 Å². The summed E-state index contributed by atoms with van der Waals surface area (Å²) in [6.07, 6.45) is -0.361. The number of benzene rings is 4. The molecule has 0 fully saturated rings. The Balaban J connectivity index is 1.63. The normalized spacial score (nSPS) is 16.1. The zero-order valence-corrected chi connectivity index (χ0v) is 19.6. The topological polar surface area (TPSA) is 43.4 Å². The van der Waals surface area contributed by atoms with Crippen molar-refractivity contribution in [3.8, 4) is 0 Å². The maximum atomic E-state index is 13.4. The summed E-state index contributed by atoms with van der Waals surface area (Å²) in [5.74, 6) is -0.662. The predicted molar refractivity (Wildman–Crippen MR) is 139 cm³/mol. The van der Waals surface area contributed by atoms with Crippen LogP contribution in [0, 0.1) is 6.92 Å². The maximum Gasteiger partial charge on any atom is 0.339 e. The Morgan fingerprint density at radius 2 is 1.29 bits per heavy atom. The third kappa shape index (κ3) is 4.71. The molecule has 3 heteroatoms. The molecule has 3 nitrogen and oxygen atoms in total. The molecule has 0 saturated heterocycles. The highest BCUT2D eigenvalue weighted by Gasteiger charge is 2.41. The van der Waals surface area contributed by atoms with Crippen LogP contribution in [0.3, 0.4) is 0 Å². The minimum atomic E-state index is -0.586. The molecule has 0 radical (unpaired) electrons. The minimum Gasteiger partial charge on any atom is -0.453 e. The Hall–Kier alpha value is -4.24. The van der Waals surface area contributed by atoms with Crippen LogP contribution >= 0.6 is 0 Å². The summed E-state index contributed by atoms with van der Waals surface area (Å²) in [6, 6.07) is 37.0. The molecular formula is C32H26O3. The molecule has 0 amide bonds. The molecule has 0 saturated carbocycles. The molecule has 1 aliphatic heterocycles. The van der Waals surface area contributed by atoms with Gasteiger partial charge in [-0.2, -0.15) is 0 Å². The second-order valence-electron chi connectivity index (χ2n) is 8.86. The smallest absolute Gasteiger partial charge is 0.339 e. The Morgan fingerprint density at radius 1 is 0.743 bits per heavy atom. The van der Waals surface area contributed by atoms with Gasteiger partial charge in [-0.15, -0.1) is 0 Å². The Morgan fingerprint density at radius 3 is 1.89 bits per heavy atom. The second kappa shape index (κ2) is 9.94. The van der Waals surface area contributed by atoms with E-state index in [4.69, 9.17) is 4.74 Å². The van der Waals surface area contributed by atoms with E-state index in [1.165, 1.54) is 0 Å². The number of aryl methyl sites for hydroxylation is 1. The zero-order chi connectivity index (χ0) is 24.2. The van der Waals surface area contributed by atoms with Crippen molar-refractivity contribution in [1.29, 1.82) is 0 Å². The van der Waals surface area contributed by atoms with E-state index in [0.29, 0.717) is 11.1 Å². The van der Waals surface area contributed by atoms with E-state index >= 15 is 0 Å². The summed E-state index contributed by atoms with van der Waals surface area (Å²) in [4.78, 5) is 26.7.